The summed E-state index contributed by atoms with van der Waals surface area (Å²) >= 11 is 0. The summed E-state index contributed by atoms with van der Waals surface area (Å²) in [4.78, 5) is 23.3. The summed E-state index contributed by atoms with van der Waals surface area (Å²) in [7, 11) is 0. The van der Waals surface area contributed by atoms with Gasteiger partial charge in [0.2, 0.25) is 0 Å². The maximum absolute atomic E-state index is 11.9. The van der Waals surface area contributed by atoms with Gasteiger partial charge in [-0.3, -0.25) is 9.59 Å². The minimum atomic E-state index is -1.37. The van der Waals surface area contributed by atoms with E-state index in [0.29, 0.717) is 6.42 Å². The Bertz CT molecular complexity index is 494. The molecule has 1 N–H and O–H groups in total. The van der Waals surface area contributed by atoms with Gasteiger partial charge < -0.3 is 9.84 Å². The van der Waals surface area contributed by atoms with Gasteiger partial charge in [-0.1, -0.05) is 24.3 Å². The third kappa shape index (κ3) is 1.78. The topological polar surface area (TPSA) is 63.6 Å². The van der Waals surface area contributed by atoms with E-state index >= 15 is 0 Å². The summed E-state index contributed by atoms with van der Waals surface area (Å²) in [6.07, 6.45) is 0.325. The Morgan fingerprint density at radius 3 is 2.67 bits per heavy atom. The number of hydrogen-bond donors (Lipinski definition) is 1. The van der Waals surface area contributed by atoms with Crippen LogP contribution >= 0.6 is 0 Å². The van der Waals surface area contributed by atoms with Gasteiger partial charge in [0.1, 0.15) is 0 Å². The van der Waals surface area contributed by atoms with Crippen molar-refractivity contribution < 1.29 is 19.4 Å². The van der Waals surface area contributed by atoms with Crippen LogP contribution in [0.4, 0.5) is 0 Å². The molecule has 0 bridgehead atoms. The van der Waals surface area contributed by atoms with Crippen molar-refractivity contribution in [2.75, 3.05) is 6.61 Å². The maximum atomic E-state index is 11.9. The van der Waals surface area contributed by atoms with Crippen molar-refractivity contribution in [2.24, 2.45) is 5.41 Å². The molecule has 18 heavy (non-hydrogen) atoms. The van der Waals surface area contributed by atoms with Gasteiger partial charge in [-0.05, 0) is 31.4 Å². The molecule has 2 rings (SSSR count). The fourth-order valence-corrected chi connectivity index (χ4v) is 2.43. The molecule has 0 aliphatic heterocycles. The minimum absolute atomic E-state index is 0.203. The van der Waals surface area contributed by atoms with Crippen molar-refractivity contribution >= 4 is 11.9 Å². The molecule has 1 aliphatic rings. The van der Waals surface area contributed by atoms with Crippen molar-refractivity contribution in [1.82, 2.24) is 0 Å². The van der Waals surface area contributed by atoms with Crippen LogP contribution in [0.3, 0.4) is 0 Å². The highest BCUT2D eigenvalue weighted by Crippen LogP contribution is 2.60. The van der Waals surface area contributed by atoms with E-state index in [0.717, 1.165) is 11.1 Å². The molecule has 4 nitrogen and oxygen atoms in total. The maximum Gasteiger partial charge on any atom is 0.324 e. The SMILES string of the molecule is CCOC(=O)C1(C(=O)O)CC1c1ccccc1C. The number of carbonyl (C=O) groups is 2. The first-order chi connectivity index (χ1) is 8.54. The fraction of sp³-hybridized carbons (Fsp3) is 0.429. The molecule has 1 fully saturated rings. The number of esters is 1. The third-order valence-corrected chi connectivity index (χ3v) is 3.55. The predicted molar refractivity (Wildman–Crippen MR) is 65.2 cm³/mol. The normalized spacial score (nSPS) is 25.6. The highest BCUT2D eigenvalue weighted by molar-refractivity contribution is 6.04. The predicted octanol–water partition coefficient (Wildman–Crippen LogP) is 2.12. The number of ether oxygens (including phenoxy) is 1. The lowest BCUT2D eigenvalue weighted by atomic mass is 9.96. The second kappa shape index (κ2) is 4.44. The first-order valence-corrected chi connectivity index (χ1v) is 6.00. The molecular weight excluding hydrogens is 232 g/mol. The molecule has 0 spiro atoms. The van der Waals surface area contributed by atoms with Crippen LogP contribution in [0.5, 0.6) is 0 Å². The molecule has 2 unspecified atom stereocenters. The summed E-state index contributed by atoms with van der Waals surface area (Å²) in [5, 5.41) is 9.32. The van der Waals surface area contributed by atoms with Gasteiger partial charge in [0.25, 0.3) is 0 Å². The van der Waals surface area contributed by atoms with Gasteiger partial charge in [-0.15, -0.1) is 0 Å². The zero-order valence-electron chi connectivity index (χ0n) is 10.5. The summed E-state index contributed by atoms with van der Waals surface area (Å²) < 4.78 is 4.90. The summed E-state index contributed by atoms with van der Waals surface area (Å²) in [6, 6.07) is 7.56. The van der Waals surface area contributed by atoms with Gasteiger partial charge in [-0.2, -0.15) is 0 Å². The smallest absolute Gasteiger partial charge is 0.324 e. The van der Waals surface area contributed by atoms with E-state index in [4.69, 9.17) is 4.74 Å². The quantitative estimate of drug-likeness (QED) is 0.654. The van der Waals surface area contributed by atoms with Crippen LogP contribution in [0, 0.1) is 12.3 Å². The molecular formula is C14H16O4. The molecule has 0 saturated heterocycles. The summed E-state index contributed by atoms with van der Waals surface area (Å²) in [6.45, 7) is 3.80. The van der Waals surface area contributed by atoms with E-state index < -0.39 is 17.4 Å². The number of aryl methyl sites for hydroxylation is 1. The lowest BCUT2D eigenvalue weighted by Crippen LogP contribution is -2.29. The first-order valence-electron chi connectivity index (χ1n) is 6.00. The molecule has 2 atom stereocenters. The Labute approximate surface area is 106 Å². The first kappa shape index (κ1) is 12.6. The zero-order chi connectivity index (χ0) is 13.3. The average Bonchev–Trinajstić information content (AvgIpc) is 3.06. The van der Waals surface area contributed by atoms with E-state index in [-0.39, 0.29) is 12.5 Å². The third-order valence-electron chi connectivity index (χ3n) is 3.55. The average molecular weight is 248 g/mol. The van der Waals surface area contributed by atoms with Crippen LogP contribution in [0.25, 0.3) is 0 Å². The van der Waals surface area contributed by atoms with Crippen LogP contribution in [-0.2, 0) is 14.3 Å². The number of carboxylic acid groups (broad SMARTS) is 1. The van der Waals surface area contributed by atoms with E-state index in [1.54, 1.807) is 6.92 Å². The van der Waals surface area contributed by atoms with Gasteiger partial charge in [0, 0.05) is 5.92 Å². The van der Waals surface area contributed by atoms with Gasteiger partial charge in [-0.25, -0.2) is 0 Å². The molecule has 1 aliphatic carbocycles. The van der Waals surface area contributed by atoms with Crippen LogP contribution in [0.1, 0.15) is 30.4 Å². The summed E-state index contributed by atoms with van der Waals surface area (Å²) in [5.41, 5.74) is 0.560. The highest BCUT2D eigenvalue weighted by atomic mass is 16.5. The molecule has 1 aromatic carbocycles. The number of carbonyl (C=O) groups excluding carboxylic acids is 1. The van der Waals surface area contributed by atoms with Crippen LogP contribution in [-0.4, -0.2) is 23.7 Å². The van der Waals surface area contributed by atoms with Crippen molar-refractivity contribution in [3.63, 3.8) is 0 Å². The van der Waals surface area contributed by atoms with Gasteiger partial charge in [0.15, 0.2) is 5.41 Å². The standard InChI is InChI=1S/C14H16O4/c1-3-18-13(17)14(12(15)16)8-11(14)10-7-5-4-6-9(10)2/h4-7,11H,3,8H2,1-2H3,(H,15,16). The van der Waals surface area contributed by atoms with Crippen molar-refractivity contribution in [1.29, 1.82) is 0 Å². The number of rotatable bonds is 4. The van der Waals surface area contributed by atoms with E-state index in [1.807, 2.05) is 31.2 Å². The van der Waals surface area contributed by atoms with Crippen molar-refractivity contribution in [2.45, 2.75) is 26.2 Å². The number of carboxylic acids is 1. The highest BCUT2D eigenvalue weighted by Gasteiger charge is 2.68. The second-order valence-corrected chi connectivity index (χ2v) is 4.61. The van der Waals surface area contributed by atoms with Gasteiger partial charge >= 0.3 is 11.9 Å². The Kier molecular flexibility index (Phi) is 3.11. The van der Waals surface area contributed by atoms with E-state index in [2.05, 4.69) is 0 Å². The second-order valence-electron chi connectivity index (χ2n) is 4.61. The molecule has 1 saturated carbocycles. The van der Waals surface area contributed by atoms with Gasteiger partial charge in [0.05, 0.1) is 6.61 Å². The minimum Gasteiger partial charge on any atom is -0.480 e. The Morgan fingerprint density at radius 2 is 2.11 bits per heavy atom. The molecule has 0 amide bonds. The lowest BCUT2D eigenvalue weighted by molar-refractivity contribution is -0.161. The zero-order valence-corrected chi connectivity index (χ0v) is 10.5. The Hall–Kier alpha value is -1.84. The van der Waals surface area contributed by atoms with Crippen LogP contribution in [0.2, 0.25) is 0 Å². The van der Waals surface area contributed by atoms with E-state index in [1.165, 1.54) is 0 Å². The van der Waals surface area contributed by atoms with Crippen molar-refractivity contribution in [3.8, 4) is 0 Å². The van der Waals surface area contributed by atoms with Crippen LogP contribution in [0.15, 0.2) is 24.3 Å². The molecule has 1 aromatic rings. The number of aliphatic carboxylic acids is 1. The number of benzene rings is 1. The largest absolute Gasteiger partial charge is 0.480 e. The molecule has 4 heteroatoms. The Morgan fingerprint density at radius 1 is 1.44 bits per heavy atom. The van der Waals surface area contributed by atoms with E-state index in [9.17, 15) is 14.7 Å². The molecule has 0 aromatic heterocycles. The Balaban J connectivity index is 2.31. The fourth-order valence-electron chi connectivity index (χ4n) is 2.43. The van der Waals surface area contributed by atoms with Crippen molar-refractivity contribution in [3.05, 3.63) is 35.4 Å². The van der Waals surface area contributed by atoms with Crippen LogP contribution < -0.4 is 0 Å². The number of hydrogen-bond acceptors (Lipinski definition) is 3. The monoisotopic (exact) mass is 248 g/mol. The molecule has 96 valence electrons. The molecule has 0 radical (unpaired) electrons. The lowest BCUT2D eigenvalue weighted by Gasteiger charge is -2.12. The summed E-state index contributed by atoms with van der Waals surface area (Å²) in [5.74, 6) is -1.98. The molecule has 0 heterocycles.